The minimum Gasteiger partial charge on any atom is -0.745 e. The van der Waals surface area contributed by atoms with E-state index in [0.29, 0.717) is 12.8 Å². The summed E-state index contributed by atoms with van der Waals surface area (Å²) in [5, 5.41) is -2.56. The van der Waals surface area contributed by atoms with E-state index in [-0.39, 0.29) is 42.4 Å². The minimum absolute atomic E-state index is 0. The van der Waals surface area contributed by atoms with Crippen LogP contribution in [0.4, 0.5) is 4.39 Å². The number of hydrogen-bond donors (Lipinski definition) is 0. The molecule has 0 radical (unpaired) electrons. The van der Waals surface area contributed by atoms with Crippen LogP contribution in [0.3, 0.4) is 0 Å². The van der Waals surface area contributed by atoms with Gasteiger partial charge in [-0.1, -0.05) is 104 Å². The third-order valence-corrected chi connectivity index (χ3v) is 6.56. The molecule has 0 saturated heterocycles. The molecule has 1 unspecified atom stereocenters. The van der Waals surface area contributed by atoms with Gasteiger partial charge in [-0.3, -0.25) is 0 Å². The van der Waals surface area contributed by atoms with Gasteiger partial charge in [0.15, 0.2) is 5.00 Å². The van der Waals surface area contributed by atoms with Crippen LogP contribution in [0, 0.1) is 0 Å². The first-order valence-corrected chi connectivity index (χ1v) is 12.4. The van der Waals surface area contributed by atoms with Gasteiger partial charge < -0.3 is 4.55 Å². The van der Waals surface area contributed by atoms with Gasteiger partial charge in [0.25, 0.3) is 0 Å². The van der Waals surface area contributed by atoms with Crippen LogP contribution in [-0.4, -0.2) is 18.0 Å². The zero-order valence-electron chi connectivity index (χ0n) is 18.2. The Morgan fingerprint density at radius 2 is 0.889 bits per heavy atom. The van der Waals surface area contributed by atoms with Crippen LogP contribution < -0.4 is 29.6 Å². The first kappa shape index (κ1) is 30.0. The predicted molar refractivity (Wildman–Crippen MR) is 108 cm³/mol. The van der Waals surface area contributed by atoms with Crippen molar-refractivity contribution < 1.29 is 46.9 Å². The molecular weight excluding hydrogens is 374 g/mol. The minimum atomic E-state index is -4.89. The van der Waals surface area contributed by atoms with Crippen molar-refractivity contribution in [1.82, 2.24) is 0 Å². The van der Waals surface area contributed by atoms with Crippen molar-refractivity contribution in [2.24, 2.45) is 0 Å². The first-order chi connectivity index (χ1) is 12.4. The number of hydrogen-bond acceptors (Lipinski definition) is 3. The van der Waals surface area contributed by atoms with E-state index in [1.54, 1.807) is 0 Å². The van der Waals surface area contributed by atoms with Crippen molar-refractivity contribution in [1.29, 1.82) is 0 Å². The van der Waals surface area contributed by atoms with Crippen LogP contribution >= 0.6 is 0 Å². The second-order valence-corrected chi connectivity index (χ2v) is 9.43. The van der Waals surface area contributed by atoms with Crippen LogP contribution in [0.5, 0.6) is 0 Å². The number of unbranched alkanes of at least 4 members (excludes halogenated alkanes) is 14. The molecule has 0 aliphatic carbocycles. The molecule has 0 aliphatic heterocycles. The van der Waals surface area contributed by atoms with Gasteiger partial charge in [-0.25, -0.2) is 12.8 Å². The molecule has 0 bridgehead atoms. The fraction of sp³-hybridized carbons (Fsp3) is 1.00. The summed E-state index contributed by atoms with van der Waals surface area (Å²) in [6.07, 6.45) is 16.4. The van der Waals surface area contributed by atoms with Crippen molar-refractivity contribution in [2.45, 2.75) is 134 Å². The van der Waals surface area contributed by atoms with E-state index in [2.05, 4.69) is 13.8 Å². The molecule has 0 saturated carbocycles. The van der Waals surface area contributed by atoms with Gasteiger partial charge in [-0.15, -0.1) is 0 Å². The van der Waals surface area contributed by atoms with Crippen LogP contribution in [0.15, 0.2) is 0 Å². The molecule has 27 heavy (non-hydrogen) atoms. The molecule has 0 fully saturated rings. The molecule has 0 aromatic carbocycles. The molecule has 0 aliphatic rings. The zero-order valence-corrected chi connectivity index (χ0v) is 21.1. The Hall–Kier alpha value is 0.840. The van der Waals surface area contributed by atoms with Crippen molar-refractivity contribution in [3.8, 4) is 0 Å². The van der Waals surface area contributed by atoms with Crippen LogP contribution in [0.2, 0.25) is 0 Å². The number of rotatable bonds is 19. The van der Waals surface area contributed by atoms with Gasteiger partial charge in [-0.05, 0) is 25.7 Å². The van der Waals surface area contributed by atoms with E-state index in [1.165, 1.54) is 38.5 Å². The standard InChI is InChI=1S/C21H43FO3S.Na/c1-3-5-7-9-11-12-13-14-16-18-20-21(22,26(23,24)25)19-17-15-10-8-6-4-2;/h3-20H2,1-2H3,(H,23,24,25);/q;+1/p-1. The predicted octanol–water partition coefficient (Wildman–Crippen LogP) is 4.26. The van der Waals surface area contributed by atoms with Crippen LogP contribution in [0.25, 0.3) is 0 Å². The van der Waals surface area contributed by atoms with E-state index in [0.717, 1.165) is 51.4 Å². The van der Waals surface area contributed by atoms with Crippen LogP contribution in [-0.2, 0) is 10.1 Å². The van der Waals surface area contributed by atoms with Crippen molar-refractivity contribution in [2.75, 3.05) is 0 Å². The summed E-state index contributed by atoms with van der Waals surface area (Å²) < 4.78 is 48.9. The van der Waals surface area contributed by atoms with E-state index < -0.39 is 15.1 Å². The molecule has 0 aromatic heterocycles. The summed E-state index contributed by atoms with van der Waals surface area (Å²) in [5.74, 6) is 0. The topological polar surface area (TPSA) is 57.2 Å². The monoisotopic (exact) mass is 416 g/mol. The summed E-state index contributed by atoms with van der Waals surface area (Å²) in [6, 6.07) is 0. The molecule has 6 heteroatoms. The fourth-order valence-electron chi connectivity index (χ4n) is 3.42. The average Bonchev–Trinajstić information content (AvgIpc) is 2.58. The Balaban J connectivity index is 0. The molecule has 0 amide bonds. The van der Waals surface area contributed by atoms with E-state index in [9.17, 15) is 17.4 Å². The largest absolute Gasteiger partial charge is 1.00 e. The molecule has 0 heterocycles. The van der Waals surface area contributed by atoms with Crippen molar-refractivity contribution in [3.63, 3.8) is 0 Å². The Morgan fingerprint density at radius 3 is 1.15 bits per heavy atom. The van der Waals surface area contributed by atoms with Gasteiger partial charge >= 0.3 is 29.6 Å². The van der Waals surface area contributed by atoms with Gasteiger partial charge in [0.05, 0.1) is 0 Å². The maximum Gasteiger partial charge on any atom is 1.00 e. The quantitative estimate of drug-likeness (QED) is 0.180. The normalized spacial score (nSPS) is 13.9. The van der Waals surface area contributed by atoms with Gasteiger partial charge in [-0.2, -0.15) is 0 Å². The SMILES string of the molecule is CCCCCCCCCCCCC(F)(CCCCCCCC)S(=O)(=O)[O-].[Na+]. The average molecular weight is 417 g/mol. The fourth-order valence-corrected chi connectivity index (χ4v) is 4.21. The summed E-state index contributed by atoms with van der Waals surface area (Å²) in [7, 11) is -4.89. The Labute approximate surface area is 190 Å². The third-order valence-electron chi connectivity index (χ3n) is 5.26. The summed E-state index contributed by atoms with van der Waals surface area (Å²) in [6.45, 7) is 4.34. The molecule has 0 rings (SSSR count). The van der Waals surface area contributed by atoms with Crippen molar-refractivity contribution in [3.05, 3.63) is 0 Å². The second-order valence-electron chi connectivity index (χ2n) is 7.79. The zero-order chi connectivity index (χ0) is 19.7. The molecule has 1 atom stereocenters. The number of alkyl halides is 1. The smallest absolute Gasteiger partial charge is 0.745 e. The van der Waals surface area contributed by atoms with Gasteiger partial charge in [0.2, 0.25) is 0 Å². The van der Waals surface area contributed by atoms with Crippen molar-refractivity contribution >= 4 is 10.1 Å². The maximum absolute atomic E-state index is 14.7. The Bertz CT molecular complexity index is 418. The Kier molecular flexibility index (Phi) is 21.0. The summed E-state index contributed by atoms with van der Waals surface area (Å²) >= 11 is 0. The number of halogens is 1. The first-order valence-electron chi connectivity index (χ1n) is 11.0. The van der Waals surface area contributed by atoms with E-state index in [4.69, 9.17) is 0 Å². The van der Waals surface area contributed by atoms with E-state index in [1.807, 2.05) is 0 Å². The molecule has 3 nitrogen and oxygen atoms in total. The summed E-state index contributed by atoms with van der Waals surface area (Å²) in [4.78, 5) is 0. The van der Waals surface area contributed by atoms with Gasteiger partial charge in [0, 0.05) is 0 Å². The maximum atomic E-state index is 14.7. The molecule has 0 N–H and O–H groups in total. The molecule has 0 spiro atoms. The second kappa shape index (κ2) is 18.8. The van der Waals surface area contributed by atoms with E-state index >= 15 is 0 Å². The third kappa shape index (κ3) is 16.3. The van der Waals surface area contributed by atoms with Crippen LogP contribution in [0.1, 0.15) is 129 Å². The molecule has 0 aromatic rings. The molecule has 158 valence electrons. The molecular formula is C21H42FNaO3S. The van der Waals surface area contributed by atoms with Gasteiger partial charge in [0.1, 0.15) is 10.1 Å². The Morgan fingerprint density at radius 1 is 0.630 bits per heavy atom. The summed E-state index contributed by atoms with van der Waals surface area (Å²) in [5.41, 5.74) is 0.